The van der Waals surface area contributed by atoms with Gasteiger partial charge in [-0.05, 0) is 27.9 Å². The molecule has 0 atom stereocenters. The monoisotopic (exact) mass is 210 g/mol. The van der Waals surface area contributed by atoms with E-state index in [4.69, 9.17) is 10.5 Å². The summed E-state index contributed by atoms with van der Waals surface area (Å²) >= 11 is 0. The van der Waals surface area contributed by atoms with Gasteiger partial charge in [-0.15, -0.1) is 0 Å². The van der Waals surface area contributed by atoms with Gasteiger partial charge in [-0.1, -0.05) is 0 Å². The Morgan fingerprint density at radius 1 is 1.47 bits per heavy atom. The Labute approximate surface area is 90.3 Å². The van der Waals surface area contributed by atoms with Gasteiger partial charge >= 0.3 is 0 Å². The first kappa shape index (κ1) is 11.7. The molecule has 0 bridgehead atoms. The van der Waals surface area contributed by atoms with Crippen LogP contribution in [0, 0.1) is 0 Å². The highest BCUT2D eigenvalue weighted by Crippen LogP contribution is 2.13. The van der Waals surface area contributed by atoms with E-state index in [1.807, 2.05) is 14.1 Å². The first-order valence-corrected chi connectivity index (χ1v) is 4.80. The van der Waals surface area contributed by atoms with Gasteiger partial charge in [0, 0.05) is 17.8 Å². The highest BCUT2D eigenvalue weighted by molar-refractivity contribution is 5.20. The van der Waals surface area contributed by atoms with Crippen LogP contribution in [-0.2, 0) is 0 Å². The molecule has 5 nitrogen and oxygen atoms in total. The average Bonchev–Trinajstić information content (AvgIpc) is 2.15. The molecule has 1 aromatic rings. The van der Waals surface area contributed by atoms with Crippen LogP contribution in [0.5, 0.6) is 5.88 Å². The van der Waals surface area contributed by atoms with Crippen LogP contribution in [0.15, 0.2) is 12.3 Å². The number of likely N-dealkylation sites (N-methyl/N-ethyl adjacent to an activating group) is 1. The van der Waals surface area contributed by atoms with Crippen molar-refractivity contribution in [1.82, 2.24) is 14.9 Å². The van der Waals surface area contributed by atoms with E-state index in [1.165, 1.54) is 0 Å². The Hall–Kier alpha value is -1.36. The van der Waals surface area contributed by atoms with E-state index in [0.29, 0.717) is 12.5 Å². The number of anilines is 1. The molecule has 0 saturated heterocycles. The summed E-state index contributed by atoms with van der Waals surface area (Å²) in [6.45, 7) is 4.74. The first-order chi connectivity index (χ1) is 6.92. The maximum atomic E-state index is 5.54. The van der Waals surface area contributed by atoms with Crippen molar-refractivity contribution in [1.29, 1.82) is 0 Å². The molecule has 1 aromatic heterocycles. The van der Waals surface area contributed by atoms with Gasteiger partial charge in [-0.3, -0.25) is 0 Å². The number of hydrogen-bond acceptors (Lipinski definition) is 5. The van der Waals surface area contributed by atoms with Crippen LogP contribution < -0.4 is 10.5 Å². The van der Waals surface area contributed by atoms with E-state index in [9.17, 15) is 0 Å². The molecule has 0 aliphatic heterocycles. The maximum Gasteiger partial charge on any atom is 0.223 e. The summed E-state index contributed by atoms with van der Waals surface area (Å²) in [5, 5.41) is 0. The second-order valence-electron chi connectivity index (χ2n) is 4.25. The molecular weight excluding hydrogens is 192 g/mol. The molecular formula is C10H18N4O. The third kappa shape index (κ3) is 3.36. The average molecular weight is 210 g/mol. The van der Waals surface area contributed by atoms with Crippen LogP contribution in [0.3, 0.4) is 0 Å². The zero-order valence-corrected chi connectivity index (χ0v) is 9.69. The smallest absolute Gasteiger partial charge is 0.223 e. The number of aromatic nitrogens is 2. The van der Waals surface area contributed by atoms with Crippen LogP contribution in [0.4, 0.5) is 5.95 Å². The van der Waals surface area contributed by atoms with Gasteiger partial charge in [-0.2, -0.15) is 4.98 Å². The van der Waals surface area contributed by atoms with E-state index in [-0.39, 0.29) is 11.5 Å². The minimum atomic E-state index is -0.0420. The lowest BCUT2D eigenvalue weighted by Crippen LogP contribution is -2.43. The Kier molecular flexibility index (Phi) is 3.47. The number of rotatable bonds is 4. The molecule has 0 aliphatic carbocycles. The Bertz CT molecular complexity index is 325. The normalized spacial score (nSPS) is 11.8. The Balaban J connectivity index is 2.57. The lowest BCUT2D eigenvalue weighted by Gasteiger charge is -2.31. The summed E-state index contributed by atoms with van der Waals surface area (Å²) in [6, 6.07) is 1.70. The fourth-order valence-corrected chi connectivity index (χ4v) is 0.816. The topological polar surface area (TPSA) is 64.3 Å². The van der Waals surface area contributed by atoms with E-state index >= 15 is 0 Å². The Morgan fingerprint density at radius 3 is 2.67 bits per heavy atom. The summed E-state index contributed by atoms with van der Waals surface area (Å²) < 4.78 is 5.54. The molecule has 0 aliphatic rings. The second kappa shape index (κ2) is 4.44. The molecule has 15 heavy (non-hydrogen) atoms. The minimum absolute atomic E-state index is 0.0420. The van der Waals surface area contributed by atoms with Crippen LogP contribution >= 0.6 is 0 Å². The van der Waals surface area contributed by atoms with Crippen LogP contribution in [-0.4, -0.2) is 41.1 Å². The highest BCUT2D eigenvalue weighted by atomic mass is 16.5. The largest absolute Gasteiger partial charge is 0.476 e. The second-order valence-corrected chi connectivity index (χ2v) is 4.25. The van der Waals surface area contributed by atoms with Crippen molar-refractivity contribution in [2.45, 2.75) is 19.4 Å². The molecule has 0 amide bonds. The zero-order valence-electron chi connectivity index (χ0n) is 9.69. The van der Waals surface area contributed by atoms with Crippen molar-refractivity contribution in [2.24, 2.45) is 0 Å². The molecule has 0 spiro atoms. The van der Waals surface area contributed by atoms with E-state index in [0.717, 1.165) is 0 Å². The van der Waals surface area contributed by atoms with Crippen molar-refractivity contribution in [3.05, 3.63) is 12.3 Å². The van der Waals surface area contributed by atoms with Crippen molar-refractivity contribution < 1.29 is 4.74 Å². The molecule has 0 saturated carbocycles. The number of ether oxygens (including phenoxy) is 1. The number of nitrogens with zero attached hydrogens (tertiary/aromatic N) is 3. The summed E-state index contributed by atoms with van der Waals surface area (Å²) in [4.78, 5) is 9.85. The minimum Gasteiger partial charge on any atom is -0.476 e. The third-order valence-corrected chi connectivity index (χ3v) is 2.43. The molecule has 0 radical (unpaired) electrons. The Morgan fingerprint density at radius 2 is 2.13 bits per heavy atom. The van der Waals surface area contributed by atoms with E-state index < -0.39 is 0 Å². The summed E-state index contributed by atoms with van der Waals surface area (Å²) in [6.07, 6.45) is 1.58. The summed E-state index contributed by atoms with van der Waals surface area (Å²) in [7, 11) is 4.02. The van der Waals surface area contributed by atoms with Crippen molar-refractivity contribution >= 4 is 5.95 Å². The molecule has 84 valence electrons. The summed E-state index contributed by atoms with van der Waals surface area (Å²) in [5.41, 5.74) is 5.40. The quantitative estimate of drug-likeness (QED) is 0.795. The molecule has 1 heterocycles. The predicted molar refractivity (Wildman–Crippen MR) is 59.7 cm³/mol. The lowest BCUT2D eigenvalue weighted by molar-refractivity contribution is 0.111. The molecule has 0 fully saturated rings. The van der Waals surface area contributed by atoms with Gasteiger partial charge in [0.2, 0.25) is 11.8 Å². The van der Waals surface area contributed by atoms with Gasteiger partial charge in [0.15, 0.2) is 0 Å². The standard InChI is InChI=1S/C10H18N4O/c1-10(2,14(3)4)7-15-8-5-6-12-9(11)13-8/h5-6H,7H2,1-4H3,(H2,11,12,13). The van der Waals surface area contributed by atoms with E-state index in [2.05, 4.69) is 28.7 Å². The van der Waals surface area contributed by atoms with Gasteiger partial charge in [0.1, 0.15) is 6.61 Å². The number of nitrogen functional groups attached to an aromatic ring is 1. The van der Waals surface area contributed by atoms with E-state index in [1.54, 1.807) is 12.3 Å². The number of nitrogens with two attached hydrogens (primary N) is 1. The van der Waals surface area contributed by atoms with Crippen LogP contribution in [0.25, 0.3) is 0 Å². The van der Waals surface area contributed by atoms with Gasteiger partial charge in [-0.25, -0.2) is 4.98 Å². The lowest BCUT2D eigenvalue weighted by atomic mass is 10.1. The SMILES string of the molecule is CN(C)C(C)(C)COc1ccnc(N)n1. The van der Waals surface area contributed by atoms with Gasteiger partial charge < -0.3 is 15.4 Å². The fourth-order valence-electron chi connectivity index (χ4n) is 0.816. The molecule has 1 rings (SSSR count). The van der Waals surface area contributed by atoms with Gasteiger partial charge in [0.25, 0.3) is 0 Å². The van der Waals surface area contributed by atoms with Crippen LogP contribution in [0.1, 0.15) is 13.8 Å². The molecule has 0 unspecified atom stereocenters. The number of hydrogen-bond donors (Lipinski definition) is 1. The maximum absolute atomic E-state index is 5.54. The molecule has 5 heteroatoms. The van der Waals surface area contributed by atoms with Crippen molar-refractivity contribution in [2.75, 3.05) is 26.4 Å². The highest BCUT2D eigenvalue weighted by Gasteiger charge is 2.21. The third-order valence-electron chi connectivity index (χ3n) is 2.43. The first-order valence-electron chi connectivity index (χ1n) is 4.80. The summed E-state index contributed by atoms with van der Waals surface area (Å²) in [5.74, 6) is 0.743. The van der Waals surface area contributed by atoms with Crippen LogP contribution in [0.2, 0.25) is 0 Å². The van der Waals surface area contributed by atoms with Crippen molar-refractivity contribution in [3.8, 4) is 5.88 Å². The zero-order chi connectivity index (χ0) is 11.5. The predicted octanol–water partition coefficient (Wildman–Crippen LogP) is 0.778. The van der Waals surface area contributed by atoms with Crippen molar-refractivity contribution in [3.63, 3.8) is 0 Å². The van der Waals surface area contributed by atoms with Gasteiger partial charge in [0.05, 0.1) is 0 Å². The molecule has 2 N–H and O–H groups in total. The fraction of sp³-hybridized carbons (Fsp3) is 0.600. The molecule has 0 aromatic carbocycles.